The van der Waals surface area contributed by atoms with Crippen molar-refractivity contribution in [2.45, 2.75) is 18.9 Å². The van der Waals surface area contributed by atoms with Gasteiger partial charge in [-0.1, -0.05) is 77.3 Å². The Morgan fingerprint density at radius 3 is 2.31 bits per heavy atom. The van der Waals surface area contributed by atoms with Crippen molar-refractivity contribution in [3.8, 4) is 0 Å². The first kappa shape index (κ1) is 28.9. The summed E-state index contributed by atoms with van der Waals surface area (Å²) in [6.07, 6.45) is 0.399. The van der Waals surface area contributed by atoms with Crippen molar-refractivity contribution >= 4 is 81.1 Å². The molecule has 0 bridgehead atoms. The number of nitrogens with one attached hydrogen (secondary N) is 1. The summed E-state index contributed by atoms with van der Waals surface area (Å²) >= 11 is 16.6. The average molecular weight is 625 g/mol. The normalized spacial score (nSPS) is 12.5. The molecule has 4 N–H and O–H groups in total. The molecule has 1 heterocycles. The third-order valence-electron chi connectivity index (χ3n) is 5.60. The van der Waals surface area contributed by atoms with E-state index in [4.69, 9.17) is 40.5 Å². The highest BCUT2D eigenvalue weighted by molar-refractivity contribution is 7.81. The third-order valence-corrected chi connectivity index (χ3v) is 7.82. The van der Waals surface area contributed by atoms with Crippen LogP contribution in [0.1, 0.15) is 27.2 Å². The fraction of sp³-hybridized carbons (Fsp3) is 0.120. The zero-order chi connectivity index (χ0) is 28.1. The van der Waals surface area contributed by atoms with E-state index < -0.39 is 29.1 Å². The van der Waals surface area contributed by atoms with Crippen molar-refractivity contribution < 1.29 is 18.4 Å². The van der Waals surface area contributed by atoms with Crippen LogP contribution in [-0.2, 0) is 28.9 Å². The largest absolute Gasteiger partial charge is 0.368 e. The van der Waals surface area contributed by atoms with Crippen molar-refractivity contribution in [1.82, 2.24) is 14.1 Å². The minimum absolute atomic E-state index is 0.0171. The molecule has 0 aliphatic carbocycles. The zero-order valence-corrected chi connectivity index (χ0v) is 23.8. The van der Waals surface area contributed by atoms with Gasteiger partial charge in [0, 0.05) is 17.9 Å². The molecule has 4 rings (SSSR count). The first-order valence-electron chi connectivity index (χ1n) is 11.2. The Bertz CT molecular complexity index is 1520. The smallest absolute Gasteiger partial charge is 0.268 e. The molecule has 0 aliphatic heterocycles. The molecule has 0 saturated heterocycles. The summed E-state index contributed by atoms with van der Waals surface area (Å²) in [6.45, 7) is 0. The first-order valence-corrected chi connectivity index (χ1v) is 14.2. The molecule has 3 aromatic carbocycles. The van der Waals surface area contributed by atoms with Crippen molar-refractivity contribution in [2.24, 2.45) is 5.73 Å². The summed E-state index contributed by atoms with van der Waals surface area (Å²) in [5.74, 6) is -1.49. The average Bonchev–Trinajstić information content (AvgIpc) is 3.34. The third kappa shape index (κ3) is 7.13. The van der Waals surface area contributed by atoms with Crippen LogP contribution in [0.4, 0.5) is 11.5 Å². The zero-order valence-electron chi connectivity index (χ0n) is 19.9. The van der Waals surface area contributed by atoms with Crippen LogP contribution < -0.4 is 15.4 Å². The van der Waals surface area contributed by atoms with E-state index in [-0.39, 0.29) is 33.5 Å². The molecule has 0 saturated carbocycles. The summed E-state index contributed by atoms with van der Waals surface area (Å²) in [4.78, 5) is 25.7. The number of carbonyl (C=O) groups is 2. The molecular formula is C25H20Cl3N5O4S2. The Balaban J connectivity index is 1.71. The summed E-state index contributed by atoms with van der Waals surface area (Å²) in [7, 11) is 0. The van der Waals surface area contributed by atoms with Gasteiger partial charge >= 0.3 is 0 Å². The second kappa shape index (κ2) is 12.9. The molecule has 0 aliphatic rings. The van der Waals surface area contributed by atoms with E-state index in [0.29, 0.717) is 22.7 Å². The number of benzene rings is 3. The van der Waals surface area contributed by atoms with Crippen molar-refractivity contribution in [1.29, 1.82) is 0 Å². The Labute approximate surface area is 245 Å². The number of primary amides is 1. The second-order valence-corrected chi connectivity index (χ2v) is 10.9. The topological polar surface area (TPSA) is 139 Å². The van der Waals surface area contributed by atoms with E-state index in [1.54, 1.807) is 24.3 Å². The predicted molar refractivity (Wildman–Crippen MR) is 154 cm³/mol. The van der Waals surface area contributed by atoms with Gasteiger partial charge in [-0.2, -0.15) is 8.75 Å². The van der Waals surface area contributed by atoms with Gasteiger partial charge in [0.1, 0.15) is 11.7 Å². The molecule has 0 fully saturated rings. The summed E-state index contributed by atoms with van der Waals surface area (Å²) in [6, 6.07) is 17.5. The lowest BCUT2D eigenvalue weighted by molar-refractivity contribution is -0.119. The minimum atomic E-state index is -2.70. The van der Waals surface area contributed by atoms with Crippen molar-refractivity contribution in [3.63, 3.8) is 0 Å². The number of aromatic nitrogens is 2. The van der Waals surface area contributed by atoms with Crippen LogP contribution in [0.15, 0.2) is 66.7 Å². The lowest BCUT2D eigenvalue weighted by Gasteiger charge is -2.23. The number of carbonyl (C=O) groups excluding carboxylic acids is 2. The van der Waals surface area contributed by atoms with Gasteiger partial charge < -0.3 is 11.1 Å². The van der Waals surface area contributed by atoms with Gasteiger partial charge in [-0.25, -0.2) is 8.51 Å². The predicted octanol–water partition coefficient (Wildman–Crippen LogP) is 5.19. The number of halogens is 3. The Morgan fingerprint density at radius 2 is 1.67 bits per heavy atom. The number of nitrogens with two attached hydrogens (primary N) is 1. The Hall–Kier alpha value is -3.06. The van der Waals surface area contributed by atoms with Crippen LogP contribution >= 0.6 is 46.5 Å². The van der Waals surface area contributed by atoms with Crippen LogP contribution in [0.2, 0.25) is 15.1 Å². The van der Waals surface area contributed by atoms with Crippen LogP contribution in [0.3, 0.4) is 0 Å². The minimum Gasteiger partial charge on any atom is -0.368 e. The van der Waals surface area contributed by atoms with Gasteiger partial charge in [-0.15, -0.1) is 0 Å². The van der Waals surface area contributed by atoms with Gasteiger partial charge in [-0.3, -0.25) is 14.1 Å². The number of nitrogens with zero attached hydrogens (tertiary/aromatic N) is 3. The van der Waals surface area contributed by atoms with Crippen LogP contribution in [0.25, 0.3) is 0 Å². The maximum Gasteiger partial charge on any atom is 0.268 e. The highest BCUT2D eigenvalue weighted by Crippen LogP contribution is 2.37. The highest BCUT2D eigenvalue weighted by Gasteiger charge is 2.30. The molecule has 39 heavy (non-hydrogen) atoms. The lowest BCUT2D eigenvalue weighted by Crippen LogP contribution is -2.46. The van der Waals surface area contributed by atoms with Crippen LogP contribution in [0.5, 0.6) is 0 Å². The van der Waals surface area contributed by atoms with E-state index in [0.717, 1.165) is 21.6 Å². The van der Waals surface area contributed by atoms with E-state index in [2.05, 4.69) is 14.1 Å². The molecule has 0 spiro atoms. The molecule has 0 radical (unpaired) electrons. The molecule has 14 heteroatoms. The highest BCUT2D eigenvalue weighted by atomic mass is 35.5. The molecular weight excluding hydrogens is 605 g/mol. The summed E-state index contributed by atoms with van der Waals surface area (Å²) < 4.78 is 32.4. The fourth-order valence-electron chi connectivity index (χ4n) is 3.73. The van der Waals surface area contributed by atoms with E-state index in [1.165, 1.54) is 12.1 Å². The van der Waals surface area contributed by atoms with E-state index in [9.17, 15) is 18.4 Å². The maximum atomic E-state index is 13.5. The number of rotatable bonds is 10. The van der Waals surface area contributed by atoms with E-state index >= 15 is 0 Å². The van der Waals surface area contributed by atoms with Gasteiger partial charge in [0.05, 0.1) is 33.0 Å². The van der Waals surface area contributed by atoms with Crippen molar-refractivity contribution in [3.05, 3.63) is 104 Å². The second-order valence-electron chi connectivity index (χ2n) is 8.26. The van der Waals surface area contributed by atoms with Gasteiger partial charge in [-0.05, 0) is 35.4 Å². The van der Waals surface area contributed by atoms with Crippen molar-refractivity contribution in [2.75, 3.05) is 4.31 Å². The Morgan fingerprint density at radius 1 is 1.00 bits per heavy atom. The lowest BCUT2D eigenvalue weighted by atomic mass is 10.0. The number of amides is 2. The molecule has 2 amide bonds. The molecule has 202 valence electrons. The van der Waals surface area contributed by atoms with Gasteiger partial charge in [0.15, 0.2) is 5.82 Å². The monoisotopic (exact) mass is 623 g/mol. The quantitative estimate of drug-likeness (QED) is 0.208. The van der Waals surface area contributed by atoms with Gasteiger partial charge in [0.25, 0.3) is 17.2 Å². The number of hydrogen-bond acceptors (Lipinski definition) is 6. The van der Waals surface area contributed by atoms with Crippen LogP contribution in [0, 0.1) is 0 Å². The molecule has 4 aromatic rings. The maximum absolute atomic E-state index is 13.5. The Kier molecular flexibility index (Phi) is 9.54. The molecule has 2 unspecified atom stereocenters. The molecule has 9 nitrogen and oxygen atoms in total. The van der Waals surface area contributed by atoms with E-state index in [1.807, 2.05) is 30.3 Å². The molecule has 1 aromatic heterocycles. The number of anilines is 2. The summed E-state index contributed by atoms with van der Waals surface area (Å²) in [5.41, 5.74) is 7.37. The summed E-state index contributed by atoms with van der Waals surface area (Å²) in [5, 5.41) is 3.14. The standard InChI is InChI=1S/C25H20Cl3N5O4S2/c26-16-8-6-15(7-9-16)10-20(23(29)34)30-25(35)17-12-18(27)19(28)13-22(17)33(39(36)37)24-21(31-38-32-24)11-14-4-2-1-3-5-14/h1-9,12-13,20H,10-11H2,(H2,29,34)(H,30,35)(H,36,37). The molecule has 2 atom stereocenters. The first-order chi connectivity index (χ1) is 18.6. The number of hydrogen-bond donors (Lipinski definition) is 3. The van der Waals surface area contributed by atoms with Gasteiger partial charge in [0.2, 0.25) is 5.91 Å². The van der Waals surface area contributed by atoms with Crippen LogP contribution in [-0.4, -0.2) is 35.4 Å². The SMILES string of the molecule is NC(=O)C(Cc1ccc(Cl)cc1)NC(=O)c1cc(Cl)c(Cl)cc1N(c1nsnc1Cc1ccccc1)S(=O)O. The fourth-order valence-corrected chi connectivity index (χ4v) is 5.39.